The number of morpholine rings is 1. The molecule has 1 atom stereocenters. The Labute approximate surface area is 108 Å². The van der Waals surface area contributed by atoms with Gasteiger partial charge in [0.15, 0.2) is 0 Å². The van der Waals surface area contributed by atoms with Crippen LogP contribution in [-0.2, 0) is 9.53 Å². The second-order valence-electron chi connectivity index (χ2n) is 5.18. The summed E-state index contributed by atoms with van der Waals surface area (Å²) >= 11 is 0. The van der Waals surface area contributed by atoms with Gasteiger partial charge in [0.1, 0.15) is 6.10 Å². The first kappa shape index (κ1) is 11.7. The fourth-order valence-corrected chi connectivity index (χ4v) is 2.63. The van der Waals surface area contributed by atoms with E-state index in [1.807, 2.05) is 23.1 Å². The zero-order chi connectivity index (χ0) is 12.4. The first-order chi connectivity index (χ1) is 8.84. The van der Waals surface area contributed by atoms with E-state index in [1.165, 1.54) is 12.0 Å². The van der Waals surface area contributed by atoms with E-state index in [0.29, 0.717) is 25.0 Å². The van der Waals surface area contributed by atoms with Crippen LogP contribution in [0.5, 0.6) is 0 Å². The molecule has 1 saturated heterocycles. The molecular weight excluding hydrogens is 226 g/mol. The second kappa shape index (κ2) is 5.11. The van der Waals surface area contributed by atoms with Crippen molar-refractivity contribution in [2.75, 3.05) is 19.7 Å². The lowest BCUT2D eigenvalue weighted by Gasteiger charge is -2.37. The maximum absolute atomic E-state index is 12.2. The van der Waals surface area contributed by atoms with Gasteiger partial charge in [-0.05, 0) is 18.4 Å². The highest BCUT2D eigenvalue weighted by Crippen LogP contribution is 2.30. The van der Waals surface area contributed by atoms with Crippen molar-refractivity contribution >= 4 is 5.91 Å². The SMILES string of the molecule is O=C(C1CCC1)N1CCOC(c2ccccc2)C1. The molecule has 0 bridgehead atoms. The lowest BCUT2D eigenvalue weighted by atomic mass is 9.84. The van der Waals surface area contributed by atoms with Crippen LogP contribution in [0.4, 0.5) is 0 Å². The van der Waals surface area contributed by atoms with Crippen molar-refractivity contribution < 1.29 is 9.53 Å². The first-order valence-corrected chi connectivity index (χ1v) is 6.80. The highest BCUT2D eigenvalue weighted by atomic mass is 16.5. The lowest BCUT2D eigenvalue weighted by Crippen LogP contribution is -2.46. The van der Waals surface area contributed by atoms with Crippen molar-refractivity contribution in [1.29, 1.82) is 0 Å². The Morgan fingerprint density at radius 2 is 2.00 bits per heavy atom. The number of nitrogens with zero attached hydrogens (tertiary/aromatic N) is 1. The van der Waals surface area contributed by atoms with Crippen molar-refractivity contribution in [3.63, 3.8) is 0 Å². The Balaban J connectivity index is 1.66. The van der Waals surface area contributed by atoms with E-state index in [4.69, 9.17) is 4.74 Å². The van der Waals surface area contributed by atoms with E-state index in [9.17, 15) is 4.79 Å². The zero-order valence-electron chi connectivity index (χ0n) is 10.5. The van der Waals surface area contributed by atoms with Gasteiger partial charge in [-0.15, -0.1) is 0 Å². The molecule has 96 valence electrons. The molecule has 1 saturated carbocycles. The standard InChI is InChI=1S/C15H19NO2/c17-15(13-7-4-8-13)16-9-10-18-14(11-16)12-5-2-1-3-6-12/h1-3,5-6,13-14H,4,7-11H2. The van der Waals surface area contributed by atoms with Gasteiger partial charge in [0.2, 0.25) is 5.91 Å². The van der Waals surface area contributed by atoms with E-state index in [2.05, 4.69) is 12.1 Å². The van der Waals surface area contributed by atoms with Crippen LogP contribution in [0.3, 0.4) is 0 Å². The number of amides is 1. The van der Waals surface area contributed by atoms with Crippen molar-refractivity contribution in [3.8, 4) is 0 Å². The Morgan fingerprint density at radius 1 is 1.22 bits per heavy atom. The number of benzene rings is 1. The third-order valence-corrected chi connectivity index (χ3v) is 4.00. The molecular formula is C15H19NO2. The van der Waals surface area contributed by atoms with Crippen LogP contribution in [0.15, 0.2) is 30.3 Å². The van der Waals surface area contributed by atoms with Gasteiger partial charge in [-0.25, -0.2) is 0 Å². The van der Waals surface area contributed by atoms with E-state index < -0.39 is 0 Å². The summed E-state index contributed by atoms with van der Waals surface area (Å²) in [6, 6.07) is 10.2. The van der Waals surface area contributed by atoms with E-state index in [-0.39, 0.29) is 6.10 Å². The number of ether oxygens (including phenoxy) is 1. The van der Waals surface area contributed by atoms with Crippen LogP contribution < -0.4 is 0 Å². The monoisotopic (exact) mass is 245 g/mol. The number of hydrogen-bond donors (Lipinski definition) is 0. The average molecular weight is 245 g/mol. The minimum Gasteiger partial charge on any atom is -0.370 e. The molecule has 2 fully saturated rings. The number of rotatable bonds is 2. The third kappa shape index (κ3) is 2.27. The highest BCUT2D eigenvalue weighted by molar-refractivity contribution is 5.79. The van der Waals surface area contributed by atoms with Crippen molar-refractivity contribution in [1.82, 2.24) is 4.90 Å². The van der Waals surface area contributed by atoms with Crippen LogP contribution in [0.2, 0.25) is 0 Å². The Bertz CT molecular complexity index is 414. The molecule has 3 heteroatoms. The summed E-state index contributed by atoms with van der Waals surface area (Å²) in [7, 11) is 0. The van der Waals surface area contributed by atoms with E-state index >= 15 is 0 Å². The molecule has 3 rings (SSSR count). The summed E-state index contributed by atoms with van der Waals surface area (Å²) < 4.78 is 5.78. The molecule has 1 aliphatic heterocycles. The van der Waals surface area contributed by atoms with E-state index in [0.717, 1.165) is 19.4 Å². The lowest BCUT2D eigenvalue weighted by molar-refractivity contribution is -0.146. The largest absolute Gasteiger partial charge is 0.370 e. The summed E-state index contributed by atoms with van der Waals surface area (Å²) in [5.41, 5.74) is 1.17. The van der Waals surface area contributed by atoms with Gasteiger partial charge in [0, 0.05) is 12.5 Å². The van der Waals surface area contributed by atoms with Gasteiger partial charge >= 0.3 is 0 Å². The fourth-order valence-electron chi connectivity index (χ4n) is 2.63. The smallest absolute Gasteiger partial charge is 0.225 e. The predicted molar refractivity (Wildman–Crippen MR) is 69.1 cm³/mol. The van der Waals surface area contributed by atoms with Gasteiger partial charge < -0.3 is 9.64 Å². The van der Waals surface area contributed by atoms with Crippen molar-refractivity contribution in [3.05, 3.63) is 35.9 Å². The van der Waals surface area contributed by atoms with Gasteiger partial charge in [-0.2, -0.15) is 0 Å². The molecule has 0 spiro atoms. The van der Waals surface area contributed by atoms with Gasteiger partial charge in [-0.3, -0.25) is 4.79 Å². The maximum atomic E-state index is 12.2. The summed E-state index contributed by atoms with van der Waals surface area (Å²) in [6.07, 6.45) is 3.41. The van der Waals surface area contributed by atoms with Crippen molar-refractivity contribution in [2.24, 2.45) is 5.92 Å². The molecule has 0 N–H and O–H groups in total. The predicted octanol–water partition coefficient (Wildman–Crippen LogP) is 2.39. The first-order valence-electron chi connectivity index (χ1n) is 6.80. The minimum atomic E-state index is 0.0453. The molecule has 18 heavy (non-hydrogen) atoms. The normalized spacial score (nSPS) is 24.7. The van der Waals surface area contributed by atoms with Gasteiger partial charge in [0.05, 0.1) is 13.2 Å². The minimum absolute atomic E-state index is 0.0453. The molecule has 0 aromatic heterocycles. The number of carbonyl (C=O) groups is 1. The molecule has 1 aromatic rings. The van der Waals surface area contributed by atoms with Crippen LogP contribution in [0.1, 0.15) is 30.9 Å². The fraction of sp³-hybridized carbons (Fsp3) is 0.533. The van der Waals surface area contributed by atoms with E-state index in [1.54, 1.807) is 0 Å². The molecule has 1 amide bonds. The maximum Gasteiger partial charge on any atom is 0.225 e. The van der Waals surface area contributed by atoms with Crippen LogP contribution >= 0.6 is 0 Å². The van der Waals surface area contributed by atoms with Gasteiger partial charge in [0.25, 0.3) is 0 Å². The van der Waals surface area contributed by atoms with Crippen LogP contribution in [0.25, 0.3) is 0 Å². The summed E-state index contributed by atoms with van der Waals surface area (Å²) in [5, 5.41) is 0. The molecule has 0 radical (unpaired) electrons. The third-order valence-electron chi connectivity index (χ3n) is 4.00. The Morgan fingerprint density at radius 3 is 2.67 bits per heavy atom. The number of hydrogen-bond acceptors (Lipinski definition) is 2. The quantitative estimate of drug-likeness (QED) is 0.800. The molecule has 2 aliphatic rings. The molecule has 1 unspecified atom stereocenters. The summed E-state index contributed by atoms with van der Waals surface area (Å²) in [6.45, 7) is 2.11. The molecule has 1 heterocycles. The molecule has 1 aromatic carbocycles. The highest BCUT2D eigenvalue weighted by Gasteiger charge is 2.32. The van der Waals surface area contributed by atoms with Gasteiger partial charge in [-0.1, -0.05) is 36.8 Å². The number of carbonyl (C=O) groups excluding carboxylic acids is 1. The molecule has 1 aliphatic carbocycles. The van der Waals surface area contributed by atoms with Crippen LogP contribution in [0, 0.1) is 5.92 Å². The zero-order valence-corrected chi connectivity index (χ0v) is 10.5. The summed E-state index contributed by atoms with van der Waals surface area (Å²) in [4.78, 5) is 14.2. The van der Waals surface area contributed by atoms with Crippen LogP contribution in [-0.4, -0.2) is 30.5 Å². The Kier molecular flexibility index (Phi) is 3.33. The average Bonchev–Trinajstić information content (AvgIpc) is 2.38. The Hall–Kier alpha value is -1.35. The second-order valence-corrected chi connectivity index (χ2v) is 5.18. The molecule has 3 nitrogen and oxygen atoms in total. The summed E-state index contributed by atoms with van der Waals surface area (Å²) in [5.74, 6) is 0.630. The topological polar surface area (TPSA) is 29.5 Å². The van der Waals surface area contributed by atoms with Crippen molar-refractivity contribution in [2.45, 2.75) is 25.4 Å².